The third-order valence-electron chi connectivity index (χ3n) is 2.48. The Hall–Kier alpha value is -2.20. The van der Waals surface area contributed by atoms with Crippen molar-refractivity contribution < 1.29 is 19.4 Å². The molecule has 2 heterocycles. The third kappa shape index (κ3) is 2.98. The molecule has 0 radical (unpaired) electrons. The van der Waals surface area contributed by atoms with Crippen LogP contribution in [0.3, 0.4) is 0 Å². The van der Waals surface area contributed by atoms with Crippen molar-refractivity contribution in [3.8, 4) is 11.5 Å². The van der Waals surface area contributed by atoms with Crippen LogP contribution in [0.2, 0.25) is 0 Å². The molecule has 2 bridgehead atoms. The van der Waals surface area contributed by atoms with Crippen molar-refractivity contribution >= 4 is 28.6 Å². The molecule has 0 saturated heterocycles. The Labute approximate surface area is 114 Å². The minimum Gasteiger partial charge on any atom is -0.507 e. The maximum Gasteiger partial charge on any atom is 0.185 e. The van der Waals surface area contributed by atoms with Crippen molar-refractivity contribution in [1.82, 2.24) is 0 Å². The highest BCUT2D eigenvalue weighted by Gasteiger charge is 2.13. The summed E-state index contributed by atoms with van der Waals surface area (Å²) in [5.41, 5.74) is 1.82. The van der Waals surface area contributed by atoms with Crippen LogP contribution in [0.15, 0.2) is 46.9 Å². The van der Waals surface area contributed by atoms with Gasteiger partial charge in [0.25, 0.3) is 0 Å². The van der Waals surface area contributed by atoms with Crippen LogP contribution in [0, 0.1) is 0 Å². The predicted molar refractivity (Wildman–Crippen MR) is 72.2 cm³/mol. The molecule has 19 heavy (non-hydrogen) atoms. The van der Waals surface area contributed by atoms with Crippen molar-refractivity contribution in [2.75, 3.05) is 5.88 Å². The normalized spacial score (nSPS) is 10.2. The minimum absolute atomic E-state index is 0.118. The number of aromatic hydroxyl groups is 2. The number of Topliss-reactive ketones (excluding diaryl/α,β-unsaturated/α-hetero) is 1. The molecule has 0 atom stereocenters. The molecular formula is C14H11ClO4. The number of hydrogen-bond donors (Lipinski definition) is 2. The van der Waals surface area contributed by atoms with E-state index in [9.17, 15) is 4.79 Å². The van der Waals surface area contributed by atoms with E-state index in [-0.39, 0.29) is 22.9 Å². The van der Waals surface area contributed by atoms with E-state index >= 15 is 0 Å². The Bertz CT molecular complexity index is 609. The summed E-state index contributed by atoms with van der Waals surface area (Å²) in [4.78, 5) is 11.0. The predicted octanol–water partition coefficient (Wildman–Crippen LogP) is 3.39. The molecule has 3 rings (SSSR count). The van der Waals surface area contributed by atoms with E-state index in [0.717, 1.165) is 11.2 Å². The molecule has 4 nitrogen and oxygen atoms in total. The topological polar surface area (TPSA) is 70.7 Å². The molecule has 0 aliphatic carbocycles. The van der Waals surface area contributed by atoms with Gasteiger partial charge in [-0.1, -0.05) is 6.07 Å². The number of phenols is 2. The minimum atomic E-state index is -0.493. The number of carbonyl (C=O) groups excluding carboxylic acids is 1. The van der Waals surface area contributed by atoms with Crippen LogP contribution in [0.5, 0.6) is 11.5 Å². The van der Waals surface area contributed by atoms with E-state index < -0.39 is 5.78 Å². The molecule has 3 aromatic rings. The maximum atomic E-state index is 11.0. The lowest BCUT2D eigenvalue weighted by Gasteiger charge is -2.02. The summed E-state index contributed by atoms with van der Waals surface area (Å²) in [7, 11) is 0. The summed E-state index contributed by atoms with van der Waals surface area (Å²) in [6, 6.07) is 11.9. The van der Waals surface area contributed by atoms with E-state index in [0.29, 0.717) is 0 Å². The summed E-state index contributed by atoms with van der Waals surface area (Å²) in [6.45, 7) is 0. The average molecular weight is 279 g/mol. The van der Waals surface area contributed by atoms with Crippen molar-refractivity contribution in [3.63, 3.8) is 0 Å². The van der Waals surface area contributed by atoms with E-state index in [2.05, 4.69) is 0 Å². The van der Waals surface area contributed by atoms with Gasteiger partial charge in [-0.05, 0) is 36.4 Å². The van der Waals surface area contributed by atoms with Gasteiger partial charge in [0.1, 0.15) is 28.2 Å². The lowest BCUT2D eigenvalue weighted by Crippen LogP contribution is -2.00. The molecule has 0 spiro atoms. The summed E-state index contributed by atoms with van der Waals surface area (Å²) >= 11 is 5.26. The second kappa shape index (κ2) is 5.63. The van der Waals surface area contributed by atoms with Gasteiger partial charge in [-0.2, -0.15) is 0 Å². The number of ketones is 1. The standard InChI is InChI=1S/C8H7ClO3.C6H4O/c9-4-7(12)8-5(10)2-1-3-6(8)11;1-2-6-4-3-5(1)7-6/h1-3,10-11H,4H2;1-4H. The van der Waals surface area contributed by atoms with Crippen LogP contribution >= 0.6 is 11.6 Å². The van der Waals surface area contributed by atoms with Gasteiger partial charge in [-0.3, -0.25) is 4.79 Å². The Balaban J connectivity index is 0.000000159. The number of furan rings is 2. The Morgan fingerprint density at radius 2 is 1.47 bits per heavy atom. The summed E-state index contributed by atoms with van der Waals surface area (Å²) < 4.78 is 5.08. The quantitative estimate of drug-likeness (QED) is 0.557. The largest absolute Gasteiger partial charge is 0.507 e. The fraction of sp³-hybridized carbons (Fsp3) is 0.0714. The fourth-order valence-corrected chi connectivity index (χ4v) is 1.73. The molecule has 0 aliphatic rings. The van der Waals surface area contributed by atoms with E-state index in [1.54, 1.807) is 0 Å². The zero-order valence-electron chi connectivity index (χ0n) is 9.84. The van der Waals surface area contributed by atoms with Crippen LogP contribution in [-0.4, -0.2) is 21.9 Å². The van der Waals surface area contributed by atoms with Gasteiger partial charge in [-0.15, -0.1) is 11.6 Å². The Morgan fingerprint density at radius 1 is 1.00 bits per heavy atom. The van der Waals surface area contributed by atoms with Gasteiger partial charge in [0.15, 0.2) is 5.78 Å². The van der Waals surface area contributed by atoms with Gasteiger partial charge < -0.3 is 14.6 Å². The fourth-order valence-electron chi connectivity index (χ4n) is 1.59. The van der Waals surface area contributed by atoms with Crippen molar-refractivity contribution in [1.29, 1.82) is 0 Å². The van der Waals surface area contributed by atoms with Gasteiger partial charge in [0.2, 0.25) is 0 Å². The van der Waals surface area contributed by atoms with Crippen LogP contribution in [0.1, 0.15) is 10.4 Å². The number of fused-ring (bicyclic) bond motifs is 2. The lowest BCUT2D eigenvalue weighted by atomic mass is 10.1. The number of carbonyl (C=O) groups is 1. The number of alkyl halides is 1. The molecule has 0 fully saturated rings. The zero-order chi connectivity index (χ0) is 13.8. The number of hydrogen-bond acceptors (Lipinski definition) is 4. The summed E-state index contributed by atoms with van der Waals surface area (Å²) in [6.07, 6.45) is 0. The first kappa shape index (κ1) is 13.2. The van der Waals surface area contributed by atoms with Gasteiger partial charge in [-0.25, -0.2) is 0 Å². The smallest absolute Gasteiger partial charge is 0.185 e. The number of halogens is 1. The number of rotatable bonds is 2. The monoisotopic (exact) mass is 278 g/mol. The van der Waals surface area contributed by atoms with Crippen molar-refractivity contribution in [2.24, 2.45) is 0 Å². The molecule has 1 aromatic carbocycles. The molecule has 0 unspecified atom stereocenters. The summed E-state index contributed by atoms with van der Waals surface area (Å²) in [5, 5.41) is 18.3. The van der Waals surface area contributed by atoms with E-state index in [1.165, 1.54) is 18.2 Å². The average Bonchev–Trinajstić information content (AvgIpc) is 3.03. The van der Waals surface area contributed by atoms with Crippen molar-refractivity contribution in [2.45, 2.75) is 0 Å². The first-order chi connectivity index (χ1) is 9.11. The van der Waals surface area contributed by atoms with E-state index in [4.69, 9.17) is 26.2 Å². The van der Waals surface area contributed by atoms with Crippen molar-refractivity contribution in [3.05, 3.63) is 48.0 Å². The maximum absolute atomic E-state index is 11.0. The van der Waals surface area contributed by atoms with Crippen LogP contribution in [0.4, 0.5) is 0 Å². The summed E-state index contributed by atoms with van der Waals surface area (Å²) in [5.74, 6) is -1.25. The number of benzene rings is 2. The van der Waals surface area contributed by atoms with Gasteiger partial charge >= 0.3 is 0 Å². The highest BCUT2D eigenvalue weighted by Crippen LogP contribution is 2.26. The zero-order valence-corrected chi connectivity index (χ0v) is 10.6. The molecule has 2 N–H and O–H groups in total. The number of phenolic OH excluding ortho intramolecular Hbond substituents is 2. The van der Waals surface area contributed by atoms with Crippen LogP contribution < -0.4 is 0 Å². The Kier molecular flexibility index (Phi) is 3.92. The first-order valence-electron chi connectivity index (χ1n) is 5.50. The van der Waals surface area contributed by atoms with Gasteiger partial charge in [0, 0.05) is 0 Å². The Morgan fingerprint density at radius 3 is 1.79 bits per heavy atom. The van der Waals surface area contributed by atoms with Gasteiger partial charge in [0.05, 0.1) is 5.88 Å². The molecule has 0 saturated carbocycles. The third-order valence-corrected chi connectivity index (χ3v) is 2.72. The highest BCUT2D eigenvalue weighted by molar-refractivity contribution is 6.31. The molecule has 2 aromatic heterocycles. The second-order valence-electron chi connectivity index (χ2n) is 3.80. The van der Waals surface area contributed by atoms with E-state index in [1.807, 2.05) is 24.3 Å². The molecule has 98 valence electrons. The van der Waals surface area contributed by atoms with Crippen LogP contribution in [0.25, 0.3) is 11.2 Å². The molecular weight excluding hydrogens is 268 g/mol. The second-order valence-corrected chi connectivity index (χ2v) is 4.07. The lowest BCUT2D eigenvalue weighted by molar-refractivity contribution is 0.101. The molecule has 0 aliphatic heterocycles. The van der Waals surface area contributed by atoms with Crippen LogP contribution in [-0.2, 0) is 0 Å². The molecule has 5 heteroatoms. The first-order valence-corrected chi connectivity index (χ1v) is 6.03. The molecule has 0 amide bonds. The SMILES string of the molecule is O=C(CCl)c1c(O)cccc1O.c1cc2ccc1o2. The highest BCUT2D eigenvalue weighted by atomic mass is 35.5.